The molecule has 0 saturated heterocycles. The third-order valence-corrected chi connectivity index (χ3v) is 7.32. The number of hydrogen-bond acceptors (Lipinski definition) is 6. The second-order valence-electron chi connectivity index (χ2n) is 8.14. The Morgan fingerprint density at radius 2 is 1.97 bits per heavy atom. The summed E-state index contributed by atoms with van der Waals surface area (Å²) in [4.78, 5) is 34.1. The van der Waals surface area contributed by atoms with Gasteiger partial charge in [0.05, 0.1) is 25.9 Å². The van der Waals surface area contributed by atoms with Gasteiger partial charge in [-0.15, -0.1) is 11.3 Å². The summed E-state index contributed by atoms with van der Waals surface area (Å²) in [5.74, 6) is 1.37. The van der Waals surface area contributed by atoms with E-state index in [1.54, 1.807) is 48.4 Å². The van der Waals surface area contributed by atoms with Crippen LogP contribution in [-0.4, -0.2) is 48.2 Å². The van der Waals surface area contributed by atoms with Crippen LogP contribution in [0.25, 0.3) is 10.2 Å². The number of benzene rings is 1. The molecule has 0 aliphatic heterocycles. The van der Waals surface area contributed by atoms with Crippen LogP contribution in [0.1, 0.15) is 35.3 Å². The molecule has 0 fully saturated rings. The first-order valence-electron chi connectivity index (χ1n) is 11.0. The number of amides is 1. The van der Waals surface area contributed by atoms with Gasteiger partial charge in [-0.1, -0.05) is 6.07 Å². The van der Waals surface area contributed by atoms with Gasteiger partial charge in [-0.25, -0.2) is 4.98 Å². The molecule has 3 aromatic rings. The number of thiophene rings is 1. The first-order valence-corrected chi connectivity index (χ1v) is 11.8. The minimum atomic E-state index is -0.0184. The average Bonchev–Trinajstić information content (AvgIpc) is 3.21. The molecule has 1 aliphatic rings. The van der Waals surface area contributed by atoms with Gasteiger partial charge in [0.1, 0.15) is 4.83 Å². The molecular formula is C24H29N3O4S. The van der Waals surface area contributed by atoms with E-state index in [9.17, 15) is 9.59 Å². The number of methoxy groups -OCH3 is 2. The summed E-state index contributed by atoms with van der Waals surface area (Å²) < 4.78 is 12.2. The van der Waals surface area contributed by atoms with Crippen LogP contribution in [0.15, 0.2) is 29.3 Å². The van der Waals surface area contributed by atoms with E-state index in [1.165, 1.54) is 16.9 Å². The SMILES string of the molecule is COc1ccc(CCN(C)C(=O)CCn2cnc3sc4c(c3c2=O)CCCC4)cc1OC. The van der Waals surface area contributed by atoms with Crippen LogP contribution in [0.3, 0.4) is 0 Å². The summed E-state index contributed by atoms with van der Waals surface area (Å²) in [7, 11) is 5.01. The molecule has 4 rings (SSSR count). The smallest absolute Gasteiger partial charge is 0.262 e. The number of ether oxygens (including phenoxy) is 2. The van der Waals surface area contributed by atoms with Crippen molar-refractivity contribution < 1.29 is 14.3 Å². The Kier molecular flexibility index (Phi) is 6.79. The third-order valence-electron chi connectivity index (χ3n) is 6.12. The summed E-state index contributed by atoms with van der Waals surface area (Å²) in [6.45, 7) is 0.921. The van der Waals surface area contributed by atoms with E-state index >= 15 is 0 Å². The highest BCUT2D eigenvalue weighted by Crippen LogP contribution is 2.33. The first kappa shape index (κ1) is 22.3. The molecule has 0 saturated carbocycles. The molecule has 2 aromatic heterocycles. The molecule has 1 aliphatic carbocycles. The maximum atomic E-state index is 13.0. The number of fused-ring (bicyclic) bond motifs is 3. The van der Waals surface area contributed by atoms with Gasteiger partial charge in [-0.2, -0.15) is 0 Å². The van der Waals surface area contributed by atoms with E-state index in [2.05, 4.69) is 4.98 Å². The number of likely N-dealkylation sites (N-methyl/N-ethyl adjacent to an activating group) is 1. The number of rotatable bonds is 8. The molecule has 2 heterocycles. The van der Waals surface area contributed by atoms with Gasteiger partial charge < -0.3 is 14.4 Å². The Labute approximate surface area is 191 Å². The monoisotopic (exact) mass is 455 g/mol. The topological polar surface area (TPSA) is 73.7 Å². The lowest BCUT2D eigenvalue weighted by atomic mass is 9.97. The van der Waals surface area contributed by atoms with Gasteiger partial charge in [0.25, 0.3) is 5.56 Å². The number of aryl methyl sites for hydroxylation is 3. The quantitative estimate of drug-likeness (QED) is 0.520. The van der Waals surface area contributed by atoms with E-state index in [-0.39, 0.29) is 17.9 Å². The minimum Gasteiger partial charge on any atom is -0.493 e. The largest absolute Gasteiger partial charge is 0.493 e. The highest BCUT2D eigenvalue weighted by molar-refractivity contribution is 7.18. The van der Waals surface area contributed by atoms with E-state index in [0.29, 0.717) is 31.0 Å². The van der Waals surface area contributed by atoms with Gasteiger partial charge in [0, 0.05) is 31.4 Å². The molecule has 0 bridgehead atoms. The standard InChI is InChI=1S/C24H29N3O4S/c1-26(12-10-16-8-9-18(30-2)19(14-16)31-3)21(28)11-13-27-15-25-23-22(24(27)29)17-6-4-5-7-20(17)32-23/h8-9,14-15H,4-7,10-13H2,1-3H3. The molecule has 0 unspecified atom stereocenters. The maximum Gasteiger partial charge on any atom is 0.262 e. The fourth-order valence-electron chi connectivity index (χ4n) is 4.21. The maximum absolute atomic E-state index is 13.0. The summed E-state index contributed by atoms with van der Waals surface area (Å²) in [6.07, 6.45) is 6.85. The molecule has 8 heteroatoms. The van der Waals surface area contributed by atoms with E-state index in [0.717, 1.165) is 35.0 Å². The molecule has 0 spiro atoms. The van der Waals surface area contributed by atoms with Gasteiger partial charge >= 0.3 is 0 Å². The van der Waals surface area contributed by atoms with E-state index in [4.69, 9.17) is 9.47 Å². The summed E-state index contributed by atoms with van der Waals surface area (Å²) in [5.41, 5.74) is 2.23. The second-order valence-corrected chi connectivity index (χ2v) is 9.22. The molecule has 170 valence electrons. The van der Waals surface area contributed by atoms with Crippen molar-refractivity contribution in [3.63, 3.8) is 0 Å². The highest BCUT2D eigenvalue weighted by Gasteiger charge is 2.20. The van der Waals surface area contributed by atoms with Crippen molar-refractivity contribution in [2.45, 2.75) is 45.1 Å². The molecular weight excluding hydrogens is 426 g/mol. The molecule has 0 radical (unpaired) electrons. The van der Waals surface area contributed by atoms with Crippen molar-refractivity contribution in [1.82, 2.24) is 14.5 Å². The number of hydrogen-bond donors (Lipinski definition) is 0. The number of aromatic nitrogens is 2. The summed E-state index contributed by atoms with van der Waals surface area (Å²) in [6, 6.07) is 5.77. The summed E-state index contributed by atoms with van der Waals surface area (Å²) in [5, 5.41) is 0.765. The average molecular weight is 456 g/mol. The van der Waals surface area contributed by atoms with Crippen molar-refractivity contribution in [1.29, 1.82) is 0 Å². The van der Waals surface area contributed by atoms with Gasteiger partial charge in [0.2, 0.25) is 5.91 Å². The Morgan fingerprint density at radius 3 is 2.75 bits per heavy atom. The van der Waals surface area contributed by atoms with E-state index < -0.39 is 0 Å². The number of carbonyl (C=O) groups excluding carboxylic acids is 1. The van der Waals surface area contributed by atoms with Gasteiger partial charge in [-0.3, -0.25) is 14.2 Å². The fraction of sp³-hybridized carbons (Fsp3) is 0.458. The predicted octanol–water partition coefficient (Wildman–Crippen LogP) is 3.45. The van der Waals surface area contributed by atoms with Crippen LogP contribution < -0.4 is 15.0 Å². The van der Waals surface area contributed by atoms with Crippen LogP contribution in [0.4, 0.5) is 0 Å². The van der Waals surface area contributed by atoms with Crippen LogP contribution in [0.5, 0.6) is 11.5 Å². The first-order chi connectivity index (χ1) is 15.5. The van der Waals surface area contributed by atoms with Crippen LogP contribution in [0, 0.1) is 0 Å². The number of nitrogens with zero attached hydrogens (tertiary/aromatic N) is 3. The lowest BCUT2D eigenvalue weighted by Gasteiger charge is -2.18. The second kappa shape index (κ2) is 9.73. The van der Waals surface area contributed by atoms with Gasteiger partial charge in [-0.05, 0) is 55.4 Å². The molecule has 1 aromatic carbocycles. The molecule has 0 atom stereocenters. The lowest BCUT2D eigenvalue weighted by molar-refractivity contribution is -0.130. The predicted molar refractivity (Wildman–Crippen MR) is 126 cm³/mol. The van der Waals surface area contributed by atoms with Crippen molar-refractivity contribution in [3.8, 4) is 11.5 Å². The van der Waals surface area contributed by atoms with Crippen molar-refractivity contribution in [2.24, 2.45) is 0 Å². The Balaban J connectivity index is 1.38. The zero-order valence-electron chi connectivity index (χ0n) is 18.8. The van der Waals surface area contributed by atoms with Gasteiger partial charge in [0.15, 0.2) is 11.5 Å². The molecule has 1 amide bonds. The zero-order valence-corrected chi connectivity index (χ0v) is 19.7. The van der Waals surface area contributed by atoms with Crippen LogP contribution >= 0.6 is 11.3 Å². The molecule has 0 N–H and O–H groups in total. The Morgan fingerprint density at radius 1 is 1.19 bits per heavy atom. The van der Waals surface area contributed by atoms with Crippen LogP contribution in [0.2, 0.25) is 0 Å². The summed E-state index contributed by atoms with van der Waals surface area (Å²) >= 11 is 1.64. The molecule has 7 nitrogen and oxygen atoms in total. The van der Waals surface area contributed by atoms with Crippen molar-refractivity contribution >= 4 is 27.5 Å². The normalized spacial score (nSPS) is 13.1. The zero-order chi connectivity index (χ0) is 22.7. The van der Waals surface area contributed by atoms with Crippen LogP contribution in [-0.2, 0) is 30.6 Å². The minimum absolute atomic E-state index is 0.00446. The van der Waals surface area contributed by atoms with E-state index in [1.807, 2.05) is 18.2 Å². The number of carbonyl (C=O) groups is 1. The fourth-order valence-corrected chi connectivity index (χ4v) is 5.42. The van der Waals surface area contributed by atoms with Crippen molar-refractivity contribution in [3.05, 3.63) is 50.9 Å². The third kappa shape index (κ3) is 4.50. The van der Waals surface area contributed by atoms with Crippen molar-refractivity contribution in [2.75, 3.05) is 27.8 Å². The molecule has 32 heavy (non-hydrogen) atoms. The lowest BCUT2D eigenvalue weighted by Crippen LogP contribution is -2.31. The Bertz CT molecular complexity index is 1180. The Hall–Kier alpha value is -2.87. The highest BCUT2D eigenvalue weighted by atomic mass is 32.1.